The minimum Gasteiger partial charge on any atom is -0.451 e. The molecule has 4 rings (SSSR count). The van der Waals surface area contributed by atoms with Crippen LogP contribution < -0.4 is 5.32 Å². The molecule has 1 aliphatic heterocycles. The van der Waals surface area contributed by atoms with Crippen LogP contribution in [0.15, 0.2) is 27.5 Å². The van der Waals surface area contributed by atoms with E-state index < -0.39 is 10.0 Å². The number of sulfonamides is 1. The van der Waals surface area contributed by atoms with Crippen molar-refractivity contribution >= 4 is 26.9 Å². The number of nitrogens with zero attached hydrogens (tertiary/aromatic N) is 1. The highest BCUT2D eigenvalue weighted by Gasteiger charge is 2.29. The second-order valence-corrected chi connectivity index (χ2v) is 10.5. The van der Waals surface area contributed by atoms with Gasteiger partial charge in [-0.2, -0.15) is 4.31 Å². The van der Waals surface area contributed by atoms with Gasteiger partial charge in [-0.25, -0.2) is 8.42 Å². The van der Waals surface area contributed by atoms with Gasteiger partial charge in [0.25, 0.3) is 5.91 Å². The fourth-order valence-corrected chi connectivity index (χ4v) is 6.14. The first kappa shape index (κ1) is 20.4. The second-order valence-electron chi connectivity index (χ2n) is 8.52. The van der Waals surface area contributed by atoms with E-state index in [-0.39, 0.29) is 22.6 Å². The van der Waals surface area contributed by atoms with Gasteiger partial charge in [0, 0.05) is 30.1 Å². The number of carbonyl (C=O) groups is 1. The van der Waals surface area contributed by atoms with E-state index in [4.69, 9.17) is 4.42 Å². The van der Waals surface area contributed by atoms with Gasteiger partial charge in [0.2, 0.25) is 10.0 Å². The standard InChI is InChI=1S/C22H30N2O4S/c1-15-8-4-5-9-19(15)23-22(25)21-16(2)18-14-17(10-11-20(18)28-21)29(26,27)24-12-6-3-7-13-24/h10-11,14-15,19H,3-9,12-13H2,1-2H3,(H,23,25)/t15-,19+/m1/s1. The number of benzene rings is 1. The topological polar surface area (TPSA) is 79.6 Å². The molecule has 0 radical (unpaired) electrons. The average molecular weight is 419 g/mol. The minimum absolute atomic E-state index is 0.166. The molecule has 158 valence electrons. The SMILES string of the molecule is Cc1c(C(=O)N[C@H]2CCCC[C@H]2C)oc2ccc(S(=O)(=O)N3CCCCC3)cc12. The van der Waals surface area contributed by atoms with Crippen molar-refractivity contribution in [2.75, 3.05) is 13.1 Å². The number of aryl methyl sites for hydroxylation is 1. The van der Waals surface area contributed by atoms with Crippen LogP contribution in [0.5, 0.6) is 0 Å². The van der Waals surface area contributed by atoms with Crippen LogP contribution in [0.2, 0.25) is 0 Å². The summed E-state index contributed by atoms with van der Waals surface area (Å²) in [5, 5.41) is 3.81. The molecule has 2 atom stereocenters. The van der Waals surface area contributed by atoms with Gasteiger partial charge in [-0.15, -0.1) is 0 Å². The molecule has 2 heterocycles. The summed E-state index contributed by atoms with van der Waals surface area (Å²) in [6.45, 7) is 5.13. The average Bonchev–Trinajstić information content (AvgIpc) is 3.06. The first-order valence-corrected chi connectivity index (χ1v) is 12.2. The van der Waals surface area contributed by atoms with Crippen molar-refractivity contribution < 1.29 is 17.6 Å². The number of hydrogen-bond donors (Lipinski definition) is 1. The highest BCUT2D eigenvalue weighted by molar-refractivity contribution is 7.89. The number of furan rings is 1. The molecule has 1 amide bonds. The zero-order valence-electron chi connectivity index (χ0n) is 17.2. The summed E-state index contributed by atoms with van der Waals surface area (Å²) < 4.78 is 33.4. The molecule has 1 saturated carbocycles. The van der Waals surface area contributed by atoms with Gasteiger partial charge in [-0.1, -0.05) is 26.2 Å². The number of rotatable bonds is 4. The highest BCUT2D eigenvalue weighted by atomic mass is 32.2. The van der Waals surface area contributed by atoms with Gasteiger partial charge in [0.1, 0.15) is 5.58 Å². The lowest BCUT2D eigenvalue weighted by Crippen LogP contribution is -2.41. The molecule has 1 aliphatic carbocycles. The summed E-state index contributed by atoms with van der Waals surface area (Å²) in [7, 11) is -3.52. The summed E-state index contributed by atoms with van der Waals surface area (Å²) in [5.41, 5.74) is 1.23. The molecule has 29 heavy (non-hydrogen) atoms. The van der Waals surface area contributed by atoms with Crippen molar-refractivity contribution in [2.24, 2.45) is 5.92 Å². The molecule has 0 unspecified atom stereocenters. The van der Waals surface area contributed by atoms with E-state index in [1.54, 1.807) is 22.5 Å². The lowest BCUT2D eigenvalue weighted by Gasteiger charge is -2.29. The number of hydrogen-bond acceptors (Lipinski definition) is 4. The maximum atomic E-state index is 13.0. The maximum absolute atomic E-state index is 13.0. The van der Waals surface area contributed by atoms with E-state index in [0.29, 0.717) is 35.5 Å². The summed E-state index contributed by atoms with van der Waals surface area (Å²) >= 11 is 0. The Kier molecular flexibility index (Phi) is 5.71. The van der Waals surface area contributed by atoms with Crippen molar-refractivity contribution in [2.45, 2.75) is 69.7 Å². The normalized spacial score (nSPS) is 23.9. The van der Waals surface area contributed by atoms with Gasteiger partial charge >= 0.3 is 0 Å². The molecular formula is C22H30N2O4S. The van der Waals surface area contributed by atoms with E-state index in [1.807, 2.05) is 6.92 Å². The molecule has 2 aliphatic rings. The predicted molar refractivity (Wildman–Crippen MR) is 112 cm³/mol. The fourth-order valence-electron chi connectivity index (χ4n) is 4.60. The Bertz CT molecular complexity index is 1010. The lowest BCUT2D eigenvalue weighted by molar-refractivity contribution is 0.0883. The molecule has 0 spiro atoms. The van der Waals surface area contributed by atoms with Crippen LogP contribution in [0.1, 0.15) is 68.0 Å². The number of fused-ring (bicyclic) bond motifs is 1. The van der Waals surface area contributed by atoms with E-state index in [1.165, 1.54) is 6.42 Å². The van der Waals surface area contributed by atoms with Crippen LogP contribution in [-0.4, -0.2) is 37.8 Å². The Hall–Kier alpha value is -1.86. The third-order valence-electron chi connectivity index (χ3n) is 6.49. The summed E-state index contributed by atoms with van der Waals surface area (Å²) in [6, 6.07) is 5.07. The fraction of sp³-hybridized carbons (Fsp3) is 0.591. The van der Waals surface area contributed by atoms with Gasteiger partial charge in [0.15, 0.2) is 5.76 Å². The van der Waals surface area contributed by atoms with Crippen LogP contribution in [0.4, 0.5) is 0 Å². The molecule has 1 aromatic heterocycles. The van der Waals surface area contributed by atoms with Crippen molar-refractivity contribution in [3.8, 4) is 0 Å². The van der Waals surface area contributed by atoms with Crippen molar-refractivity contribution in [3.05, 3.63) is 29.5 Å². The molecule has 0 bridgehead atoms. The Morgan fingerprint density at radius 1 is 1.10 bits per heavy atom. The first-order chi connectivity index (χ1) is 13.9. The lowest BCUT2D eigenvalue weighted by atomic mass is 9.86. The highest BCUT2D eigenvalue weighted by Crippen LogP contribution is 2.30. The summed E-state index contributed by atoms with van der Waals surface area (Å²) in [5.74, 6) is 0.529. The molecule has 1 aromatic carbocycles. The molecule has 2 fully saturated rings. The Morgan fingerprint density at radius 2 is 1.83 bits per heavy atom. The van der Waals surface area contributed by atoms with E-state index in [9.17, 15) is 13.2 Å². The number of nitrogens with one attached hydrogen (secondary N) is 1. The second kappa shape index (κ2) is 8.11. The Morgan fingerprint density at radius 3 is 2.55 bits per heavy atom. The van der Waals surface area contributed by atoms with Crippen LogP contribution in [-0.2, 0) is 10.0 Å². The largest absolute Gasteiger partial charge is 0.451 e. The monoisotopic (exact) mass is 418 g/mol. The van der Waals surface area contributed by atoms with Crippen LogP contribution in [0.3, 0.4) is 0 Å². The minimum atomic E-state index is -3.52. The van der Waals surface area contributed by atoms with Crippen LogP contribution >= 0.6 is 0 Å². The van der Waals surface area contributed by atoms with Gasteiger partial charge in [-0.3, -0.25) is 4.79 Å². The summed E-state index contributed by atoms with van der Waals surface area (Å²) in [6.07, 6.45) is 7.33. The van der Waals surface area contributed by atoms with Crippen molar-refractivity contribution in [1.29, 1.82) is 0 Å². The maximum Gasteiger partial charge on any atom is 0.287 e. The van der Waals surface area contributed by atoms with Crippen LogP contribution in [0, 0.1) is 12.8 Å². The molecule has 1 N–H and O–H groups in total. The molecule has 7 heteroatoms. The molecule has 1 saturated heterocycles. The first-order valence-electron chi connectivity index (χ1n) is 10.7. The van der Waals surface area contributed by atoms with E-state index in [0.717, 1.165) is 38.5 Å². The van der Waals surface area contributed by atoms with E-state index in [2.05, 4.69) is 12.2 Å². The van der Waals surface area contributed by atoms with E-state index >= 15 is 0 Å². The molecular weight excluding hydrogens is 388 g/mol. The zero-order chi connectivity index (χ0) is 20.6. The van der Waals surface area contributed by atoms with Gasteiger partial charge in [-0.05, 0) is 56.7 Å². The smallest absolute Gasteiger partial charge is 0.287 e. The predicted octanol–water partition coefficient (Wildman–Crippen LogP) is 4.22. The number of carbonyl (C=O) groups excluding carboxylic acids is 1. The Balaban J connectivity index is 1.61. The molecule has 6 nitrogen and oxygen atoms in total. The van der Waals surface area contributed by atoms with Crippen molar-refractivity contribution in [1.82, 2.24) is 9.62 Å². The number of amides is 1. The number of piperidine rings is 1. The van der Waals surface area contributed by atoms with Gasteiger partial charge in [0.05, 0.1) is 4.90 Å². The molecule has 2 aromatic rings. The van der Waals surface area contributed by atoms with Gasteiger partial charge < -0.3 is 9.73 Å². The zero-order valence-corrected chi connectivity index (χ0v) is 18.1. The Labute approximate surface area is 172 Å². The quantitative estimate of drug-likeness (QED) is 0.806. The van der Waals surface area contributed by atoms with Crippen LogP contribution in [0.25, 0.3) is 11.0 Å². The third-order valence-corrected chi connectivity index (χ3v) is 8.39. The summed E-state index contributed by atoms with van der Waals surface area (Å²) in [4.78, 5) is 13.1. The third kappa shape index (κ3) is 3.94. The van der Waals surface area contributed by atoms with Crippen molar-refractivity contribution in [3.63, 3.8) is 0 Å².